The van der Waals surface area contributed by atoms with E-state index in [0.717, 1.165) is 25.2 Å². The maximum absolute atomic E-state index is 10.7. The number of hydrogen-bond donors (Lipinski definition) is 1. The number of aliphatic carboxylic acids is 1. The Morgan fingerprint density at radius 1 is 1.47 bits per heavy atom. The second kappa shape index (κ2) is 7.49. The first kappa shape index (κ1) is 16.0. The second-order valence-corrected chi connectivity index (χ2v) is 5.75. The number of carboxylic acids is 1. The van der Waals surface area contributed by atoms with E-state index in [9.17, 15) is 4.79 Å². The summed E-state index contributed by atoms with van der Waals surface area (Å²) in [6.45, 7) is 5.07. The number of aromatic nitrogens is 3. The van der Waals surface area contributed by atoms with E-state index in [-0.39, 0.29) is 11.8 Å². The summed E-state index contributed by atoms with van der Waals surface area (Å²) < 4.78 is 2.07. The molecule has 1 aromatic heterocycles. The van der Waals surface area contributed by atoms with Crippen molar-refractivity contribution < 1.29 is 9.90 Å². The molecule has 0 aliphatic rings. The summed E-state index contributed by atoms with van der Waals surface area (Å²) in [5.74, 6) is 0.112. The number of thioether (sulfide) groups is 1. The third kappa shape index (κ3) is 4.83. The fourth-order valence-electron chi connectivity index (χ4n) is 1.98. The first-order chi connectivity index (χ1) is 8.95. The standard InChI is InChI=1S/C12H22N4O2S/c1-5-6-10-13-14-12(19-8-11(17)18)16(10)9(2)7-15(3)4/h9H,5-8H2,1-4H3,(H,17,18). The molecule has 7 heteroatoms. The Morgan fingerprint density at radius 3 is 2.68 bits per heavy atom. The molecule has 1 N–H and O–H groups in total. The molecule has 0 saturated heterocycles. The van der Waals surface area contributed by atoms with E-state index < -0.39 is 5.97 Å². The zero-order chi connectivity index (χ0) is 14.4. The third-order valence-electron chi connectivity index (χ3n) is 2.60. The lowest BCUT2D eigenvalue weighted by Gasteiger charge is -2.21. The molecule has 19 heavy (non-hydrogen) atoms. The van der Waals surface area contributed by atoms with E-state index >= 15 is 0 Å². The van der Waals surface area contributed by atoms with E-state index in [2.05, 4.69) is 33.5 Å². The maximum Gasteiger partial charge on any atom is 0.313 e. The molecular weight excluding hydrogens is 264 g/mol. The van der Waals surface area contributed by atoms with Crippen LogP contribution in [0.2, 0.25) is 0 Å². The Morgan fingerprint density at radius 2 is 2.16 bits per heavy atom. The van der Waals surface area contributed by atoms with E-state index in [0.29, 0.717) is 5.16 Å². The average molecular weight is 286 g/mol. The van der Waals surface area contributed by atoms with Gasteiger partial charge >= 0.3 is 5.97 Å². The number of rotatable bonds is 8. The minimum Gasteiger partial charge on any atom is -0.481 e. The van der Waals surface area contributed by atoms with Gasteiger partial charge in [-0.25, -0.2) is 0 Å². The maximum atomic E-state index is 10.7. The van der Waals surface area contributed by atoms with Gasteiger partial charge in [-0.15, -0.1) is 10.2 Å². The molecule has 0 bridgehead atoms. The van der Waals surface area contributed by atoms with Crippen LogP contribution in [-0.2, 0) is 11.2 Å². The zero-order valence-electron chi connectivity index (χ0n) is 12.0. The zero-order valence-corrected chi connectivity index (χ0v) is 12.8. The molecule has 0 aromatic carbocycles. The molecule has 0 aliphatic carbocycles. The van der Waals surface area contributed by atoms with Gasteiger partial charge in [0.1, 0.15) is 5.82 Å². The molecule has 1 rings (SSSR count). The lowest BCUT2D eigenvalue weighted by molar-refractivity contribution is -0.133. The highest BCUT2D eigenvalue weighted by atomic mass is 32.2. The molecule has 0 spiro atoms. The van der Waals surface area contributed by atoms with Gasteiger partial charge in [-0.3, -0.25) is 4.79 Å². The number of carboxylic acid groups (broad SMARTS) is 1. The summed E-state index contributed by atoms with van der Waals surface area (Å²) in [6, 6.07) is 0.225. The van der Waals surface area contributed by atoms with Crippen LogP contribution in [0.3, 0.4) is 0 Å². The molecule has 1 aromatic rings. The number of carbonyl (C=O) groups is 1. The summed E-state index contributed by atoms with van der Waals surface area (Å²) in [6.07, 6.45) is 1.86. The molecular formula is C12H22N4O2S. The Bertz CT molecular complexity index is 420. The Hall–Kier alpha value is -1.08. The van der Waals surface area contributed by atoms with E-state index in [4.69, 9.17) is 5.11 Å². The van der Waals surface area contributed by atoms with E-state index in [1.807, 2.05) is 14.1 Å². The van der Waals surface area contributed by atoms with Gasteiger partial charge < -0.3 is 14.6 Å². The highest BCUT2D eigenvalue weighted by molar-refractivity contribution is 7.99. The Labute approximate surface area is 118 Å². The Kier molecular flexibility index (Phi) is 6.30. The number of likely N-dealkylation sites (N-methyl/N-ethyl adjacent to an activating group) is 1. The van der Waals surface area contributed by atoms with E-state index in [1.54, 1.807) is 0 Å². The van der Waals surface area contributed by atoms with Crippen LogP contribution >= 0.6 is 11.8 Å². The van der Waals surface area contributed by atoms with Gasteiger partial charge in [-0.1, -0.05) is 18.7 Å². The van der Waals surface area contributed by atoms with Crippen LogP contribution in [0.15, 0.2) is 5.16 Å². The van der Waals surface area contributed by atoms with Crippen LogP contribution in [0.25, 0.3) is 0 Å². The van der Waals surface area contributed by atoms with Crippen LogP contribution in [0.1, 0.15) is 32.1 Å². The van der Waals surface area contributed by atoms with Crippen molar-refractivity contribution in [3.63, 3.8) is 0 Å². The molecule has 108 valence electrons. The summed E-state index contributed by atoms with van der Waals surface area (Å²) >= 11 is 1.23. The summed E-state index contributed by atoms with van der Waals surface area (Å²) in [5.41, 5.74) is 0. The third-order valence-corrected chi connectivity index (χ3v) is 3.53. The molecule has 0 saturated carbocycles. The SMILES string of the molecule is CCCc1nnc(SCC(=O)O)n1C(C)CN(C)C. The van der Waals surface area contributed by atoms with Gasteiger partial charge in [0.05, 0.1) is 5.75 Å². The van der Waals surface area contributed by atoms with Gasteiger partial charge in [0, 0.05) is 19.0 Å². The van der Waals surface area contributed by atoms with Crippen molar-refractivity contribution in [3.8, 4) is 0 Å². The molecule has 0 radical (unpaired) electrons. The number of aryl methyl sites for hydroxylation is 1. The van der Waals surface area contributed by atoms with E-state index in [1.165, 1.54) is 11.8 Å². The van der Waals surface area contributed by atoms with Crippen LogP contribution in [0, 0.1) is 0 Å². The lowest BCUT2D eigenvalue weighted by atomic mass is 10.2. The molecule has 1 atom stereocenters. The highest BCUT2D eigenvalue weighted by Gasteiger charge is 2.18. The normalized spacial score (nSPS) is 12.9. The molecule has 0 aliphatic heterocycles. The smallest absolute Gasteiger partial charge is 0.313 e. The first-order valence-corrected chi connectivity index (χ1v) is 7.37. The van der Waals surface area contributed by atoms with Crippen molar-refractivity contribution >= 4 is 17.7 Å². The highest BCUT2D eigenvalue weighted by Crippen LogP contribution is 2.22. The van der Waals surface area contributed by atoms with Gasteiger partial charge in [0.25, 0.3) is 0 Å². The van der Waals surface area contributed by atoms with Crippen LogP contribution in [0.4, 0.5) is 0 Å². The molecule has 0 fully saturated rings. The fourth-order valence-corrected chi connectivity index (χ4v) is 2.75. The van der Waals surface area contributed by atoms with Gasteiger partial charge in [0.2, 0.25) is 0 Å². The fraction of sp³-hybridized carbons (Fsp3) is 0.750. The topological polar surface area (TPSA) is 71.2 Å². The monoisotopic (exact) mass is 286 g/mol. The molecule has 0 amide bonds. The largest absolute Gasteiger partial charge is 0.481 e. The van der Waals surface area contributed by atoms with Crippen molar-refractivity contribution in [1.82, 2.24) is 19.7 Å². The average Bonchev–Trinajstić information content (AvgIpc) is 2.69. The quantitative estimate of drug-likeness (QED) is 0.731. The van der Waals surface area contributed by atoms with Gasteiger partial charge in [0.15, 0.2) is 5.16 Å². The number of hydrogen-bond acceptors (Lipinski definition) is 5. The van der Waals surface area contributed by atoms with Crippen molar-refractivity contribution in [2.45, 2.75) is 37.9 Å². The molecule has 1 heterocycles. The van der Waals surface area contributed by atoms with Crippen LogP contribution in [0.5, 0.6) is 0 Å². The summed E-state index contributed by atoms with van der Waals surface area (Å²) in [4.78, 5) is 12.8. The van der Waals surface area contributed by atoms with Gasteiger partial charge in [-0.05, 0) is 27.4 Å². The first-order valence-electron chi connectivity index (χ1n) is 6.38. The van der Waals surface area contributed by atoms with Crippen molar-refractivity contribution in [3.05, 3.63) is 5.82 Å². The summed E-state index contributed by atoms with van der Waals surface area (Å²) in [7, 11) is 4.04. The number of nitrogens with zero attached hydrogens (tertiary/aromatic N) is 4. The van der Waals surface area contributed by atoms with Crippen molar-refractivity contribution in [2.75, 3.05) is 26.4 Å². The van der Waals surface area contributed by atoms with Gasteiger partial charge in [-0.2, -0.15) is 0 Å². The summed E-state index contributed by atoms with van der Waals surface area (Å²) in [5, 5.41) is 17.8. The minimum absolute atomic E-state index is 0.0128. The van der Waals surface area contributed by atoms with Crippen LogP contribution in [-0.4, -0.2) is 57.1 Å². The van der Waals surface area contributed by atoms with Crippen molar-refractivity contribution in [1.29, 1.82) is 0 Å². The predicted octanol–water partition coefficient (Wildman–Crippen LogP) is 1.53. The minimum atomic E-state index is -0.836. The molecule has 1 unspecified atom stereocenters. The van der Waals surface area contributed by atoms with Crippen LogP contribution < -0.4 is 0 Å². The predicted molar refractivity (Wildman–Crippen MR) is 75.6 cm³/mol. The second-order valence-electron chi connectivity index (χ2n) is 4.81. The Balaban J connectivity index is 2.93. The lowest BCUT2D eigenvalue weighted by Crippen LogP contribution is -2.24. The molecule has 6 nitrogen and oxygen atoms in total. The van der Waals surface area contributed by atoms with Crippen molar-refractivity contribution in [2.24, 2.45) is 0 Å².